The van der Waals surface area contributed by atoms with E-state index in [-0.39, 0.29) is 12.5 Å². The average molecular weight is 213 g/mol. The lowest BCUT2D eigenvalue weighted by atomic mass is 10.4. The molecule has 1 aromatic rings. The minimum absolute atomic E-state index is 0.263. The van der Waals surface area contributed by atoms with Gasteiger partial charge in [-0.15, -0.1) is 0 Å². The Morgan fingerprint density at radius 2 is 2.33 bits per heavy atom. The summed E-state index contributed by atoms with van der Waals surface area (Å²) < 4.78 is 4.59. The number of hydrogen-bond donors (Lipinski definition) is 3. The fourth-order valence-corrected chi connectivity index (χ4v) is 0.859. The van der Waals surface area contributed by atoms with E-state index < -0.39 is 12.6 Å². The molecule has 7 nitrogen and oxygen atoms in total. The summed E-state index contributed by atoms with van der Waals surface area (Å²) in [5.41, 5.74) is 0.765. The van der Waals surface area contributed by atoms with Crippen molar-refractivity contribution in [1.29, 1.82) is 0 Å². The predicted octanol–water partition coefficient (Wildman–Crippen LogP) is -0.873. The Morgan fingerprint density at radius 1 is 1.53 bits per heavy atom. The Balaban J connectivity index is 2.11. The lowest BCUT2D eigenvalue weighted by Crippen LogP contribution is -2.28. The van der Waals surface area contributed by atoms with E-state index in [1.165, 1.54) is 0 Å². The number of nitrogens with one attached hydrogen (secondary N) is 2. The van der Waals surface area contributed by atoms with Crippen molar-refractivity contribution < 1.29 is 19.4 Å². The Labute approximate surface area is 85.4 Å². The maximum atomic E-state index is 11.1. The van der Waals surface area contributed by atoms with Crippen molar-refractivity contribution >= 4 is 11.9 Å². The summed E-state index contributed by atoms with van der Waals surface area (Å²) >= 11 is 0. The van der Waals surface area contributed by atoms with Gasteiger partial charge in [-0.1, -0.05) is 0 Å². The number of aromatic nitrogens is 2. The lowest BCUT2D eigenvalue weighted by Gasteiger charge is -2.03. The minimum Gasteiger partial charge on any atom is -0.480 e. The van der Waals surface area contributed by atoms with Crippen molar-refractivity contribution in [2.75, 3.05) is 13.2 Å². The van der Waals surface area contributed by atoms with Gasteiger partial charge in [-0.2, -0.15) is 5.10 Å². The van der Waals surface area contributed by atoms with Crippen LogP contribution in [0.15, 0.2) is 12.3 Å². The van der Waals surface area contributed by atoms with Crippen LogP contribution < -0.4 is 5.32 Å². The van der Waals surface area contributed by atoms with Gasteiger partial charge in [0.1, 0.15) is 13.2 Å². The molecule has 0 spiro atoms. The van der Waals surface area contributed by atoms with Crippen LogP contribution in [0.4, 0.5) is 0 Å². The number of hydrogen-bond acceptors (Lipinski definition) is 4. The molecule has 1 rings (SSSR count). The zero-order chi connectivity index (χ0) is 11.1. The Kier molecular flexibility index (Phi) is 4.30. The number of amides is 1. The highest BCUT2D eigenvalue weighted by Gasteiger charge is 2.03. The number of carbonyl (C=O) groups is 2. The smallest absolute Gasteiger partial charge is 0.329 e. The summed E-state index contributed by atoms with van der Waals surface area (Å²) in [6.45, 7) is -0.423. The molecule has 0 saturated carbocycles. The first-order chi connectivity index (χ1) is 7.18. The Morgan fingerprint density at radius 3 is 2.93 bits per heavy atom. The molecule has 0 unspecified atom stereocenters. The SMILES string of the molecule is O=C(O)COCC(=O)NCc1ccn[nH]1. The molecule has 3 N–H and O–H groups in total. The lowest BCUT2D eigenvalue weighted by molar-refractivity contribution is -0.143. The summed E-state index contributed by atoms with van der Waals surface area (Å²) in [6.07, 6.45) is 1.57. The third kappa shape index (κ3) is 4.77. The average Bonchev–Trinajstić information content (AvgIpc) is 2.66. The first kappa shape index (κ1) is 11.2. The van der Waals surface area contributed by atoms with E-state index in [1.807, 2.05) is 0 Å². The molecule has 0 bridgehead atoms. The molecule has 0 aromatic carbocycles. The zero-order valence-corrected chi connectivity index (χ0v) is 7.90. The molecule has 15 heavy (non-hydrogen) atoms. The number of ether oxygens (including phenoxy) is 1. The highest BCUT2D eigenvalue weighted by molar-refractivity contribution is 5.77. The highest BCUT2D eigenvalue weighted by Crippen LogP contribution is 1.89. The third-order valence-electron chi connectivity index (χ3n) is 1.49. The second-order valence-corrected chi connectivity index (χ2v) is 2.75. The van der Waals surface area contributed by atoms with Crippen LogP contribution in [0.25, 0.3) is 0 Å². The van der Waals surface area contributed by atoms with E-state index in [2.05, 4.69) is 20.3 Å². The first-order valence-electron chi connectivity index (χ1n) is 4.23. The van der Waals surface area contributed by atoms with Gasteiger partial charge in [0.2, 0.25) is 5.91 Å². The number of carbonyl (C=O) groups excluding carboxylic acids is 1. The van der Waals surface area contributed by atoms with Gasteiger partial charge in [0, 0.05) is 6.20 Å². The maximum absolute atomic E-state index is 11.1. The molecule has 0 fully saturated rings. The van der Waals surface area contributed by atoms with E-state index in [0.29, 0.717) is 6.54 Å². The summed E-state index contributed by atoms with van der Waals surface area (Å²) in [6, 6.07) is 1.72. The predicted molar refractivity (Wildman–Crippen MR) is 48.9 cm³/mol. The fraction of sp³-hybridized carbons (Fsp3) is 0.375. The van der Waals surface area contributed by atoms with Crippen LogP contribution in [0.5, 0.6) is 0 Å². The molecule has 1 heterocycles. The van der Waals surface area contributed by atoms with Gasteiger partial charge in [0.25, 0.3) is 0 Å². The van der Waals surface area contributed by atoms with Crippen molar-refractivity contribution in [2.45, 2.75) is 6.54 Å². The molecule has 0 saturated heterocycles. The number of carboxylic acid groups (broad SMARTS) is 1. The van der Waals surface area contributed by atoms with Gasteiger partial charge in [0.15, 0.2) is 0 Å². The van der Waals surface area contributed by atoms with Crippen LogP contribution in [-0.4, -0.2) is 40.4 Å². The van der Waals surface area contributed by atoms with Gasteiger partial charge in [-0.25, -0.2) is 4.79 Å². The number of aromatic amines is 1. The molecule has 0 aliphatic heterocycles. The normalized spacial score (nSPS) is 9.87. The van der Waals surface area contributed by atoms with Crippen LogP contribution in [0.3, 0.4) is 0 Å². The van der Waals surface area contributed by atoms with E-state index >= 15 is 0 Å². The number of carboxylic acids is 1. The minimum atomic E-state index is -1.10. The Hall–Kier alpha value is -1.89. The van der Waals surface area contributed by atoms with E-state index in [1.54, 1.807) is 12.3 Å². The van der Waals surface area contributed by atoms with E-state index in [4.69, 9.17) is 5.11 Å². The number of nitrogens with zero attached hydrogens (tertiary/aromatic N) is 1. The van der Waals surface area contributed by atoms with Gasteiger partial charge < -0.3 is 15.2 Å². The van der Waals surface area contributed by atoms with Gasteiger partial charge in [-0.05, 0) is 6.07 Å². The third-order valence-corrected chi connectivity index (χ3v) is 1.49. The second kappa shape index (κ2) is 5.76. The summed E-state index contributed by atoms with van der Waals surface area (Å²) in [7, 11) is 0. The second-order valence-electron chi connectivity index (χ2n) is 2.75. The van der Waals surface area contributed by atoms with Gasteiger partial charge >= 0.3 is 5.97 Å². The zero-order valence-electron chi connectivity index (χ0n) is 7.90. The standard InChI is InChI=1S/C8H11N3O4/c12-7(4-15-5-8(13)14)9-3-6-1-2-10-11-6/h1-2H,3-5H2,(H,9,12)(H,10,11)(H,13,14). The maximum Gasteiger partial charge on any atom is 0.329 e. The molecular formula is C8H11N3O4. The molecular weight excluding hydrogens is 202 g/mol. The van der Waals surface area contributed by atoms with Gasteiger partial charge in [-0.3, -0.25) is 9.89 Å². The van der Waals surface area contributed by atoms with Crippen LogP contribution in [0.1, 0.15) is 5.69 Å². The van der Waals surface area contributed by atoms with Gasteiger partial charge in [0.05, 0.1) is 12.2 Å². The van der Waals surface area contributed by atoms with Crippen molar-refractivity contribution in [2.24, 2.45) is 0 Å². The van der Waals surface area contributed by atoms with Crippen LogP contribution in [0, 0.1) is 0 Å². The first-order valence-corrected chi connectivity index (χ1v) is 4.23. The monoisotopic (exact) mass is 213 g/mol. The summed E-state index contributed by atoms with van der Waals surface area (Å²) in [5, 5.41) is 17.1. The molecule has 0 radical (unpaired) electrons. The number of aliphatic carboxylic acids is 1. The van der Waals surface area contributed by atoms with E-state index in [0.717, 1.165) is 5.69 Å². The van der Waals surface area contributed by atoms with Crippen LogP contribution in [-0.2, 0) is 20.9 Å². The molecule has 1 aromatic heterocycles. The molecule has 0 atom stereocenters. The van der Waals surface area contributed by atoms with Crippen molar-refractivity contribution in [3.05, 3.63) is 18.0 Å². The largest absolute Gasteiger partial charge is 0.480 e. The van der Waals surface area contributed by atoms with E-state index in [9.17, 15) is 9.59 Å². The quantitative estimate of drug-likeness (QED) is 0.569. The molecule has 82 valence electrons. The number of H-pyrrole nitrogens is 1. The van der Waals surface area contributed by atoms with Crippen molar-refractivity contribution in [3.8, 4) is 0 Å². The van der Waals surface area contributed by atoms with Crippen LogP contribution in [0.2, 0.25) is 0 Å². The molecule has 0 aliphatic rings. The van der Waals surface area contributed by atoms with Crippen molar-refractivity contribution in [1.82, 2.24) is 15.5 Å². The van der Waals surface area contributed by atoms with Crippen molar-refractivity contribution in [3.63, 3.8) is 0 Å². The highest BCUT2D eigenvalue weighted by atomic mass is 16.5. The molecule has 0 aliphatic carbocycles. The summed E-state index contributed by atoms with van der Waals surface area (Å²) in [4.78, 5) is 21.1. The van der Waals surface area contributed by atoms with Crippen LogP contribution >= 0.6 is 0 Å². The topological polar surface area (TPSA) is 104 Å². The fourth-order valence-electron chi connectivity index (χ4n) is 0.859. The molecule has 1 amide bonds. The molecule has 7 heteroatoms. The Bertz CT molecular complexity index is 323. The summed E-state index contributed by atoms with van der Waals surface area (Å²) in [5.74, 6) is -1.47. The number of rotatable bonds is 6.